The summed E-state index contributed by atoms with van der Waals surface area (Å²) in [4.78, 5) is 16.9. The van der Waals surface area contributed by atoms with E-state index in [0.29, 0.717) is 12.1 Å². The first-order chi connectivity index (χ1) is 8.16. The van der Waals surface area contributed by atoms with Crippen LogP contribution in [0.25, 0.3) is 0 Å². The number of halogens is 1. The summed E-state index contributed by atoms with van der Waals surface area (Å²) in [6.45, 7) is 0.520. The first-order valence-corrected chi connectivity index (χ1v) is 5.99. The minimum atomic E-state index is -0.639. The second-order valence-electron chi connectivity index (χ2n) is 3.66. The molecular weight excluding hydrogens is 239 g/mol. The smallest absolute Gasteiger partial charge is 0.254 e. The lowest BCUT2D eigenvalue weighted by Gasteiger charge is -2.16. The molecular formula is C12H11FN2OS. The molecule has 0 aliphatic carbocycles. The van der Waals surface area contributed by atoms with Gasteiger partial charge in [0, 0.05) is 31.4 Å². The van der Waals surface area contributed by atoms with Crippen molar-refractivity contribution in [2.75, 3.05) is 7.05 Å². The molecule has 0 bridgehead atoms. The highest BCUT2D eigenvalue weighted by atomic mass is 32.1. The summed E-state index contributed by atoms with van der Waals surface area (Å²) in [5.41, 5.74) is 1.38. The molecule has 0 unspecified atom stereocenters. The molecule has 0 radical (unpaired) electrons. The number of amides is 1. The molecule has 5 heteroatoms. The van der Waals surface area contributed by atoms with Gasteiger partial charge >= 0.3 is 0 Å². The van der Waals surface area contributed by atoms with E-state index in [1.165, 1.54) is 12.3 Å². The number of rotatable bonds is 3. The number of nitrogens with zero attached hydrogens (tertiary/aromatic N) is 2. The van der Waals surface area contributed by atoms with Gasteiger partial charge in [-0.15, -0.1) is 0 Å². The molecule has 1 amide bonds. The van der Waals surface area contributed by atoms with Crippen molar-refractivity contribution in [1.29, 1.82) is 0 Å². The van der Waals surface area contributed by atoms with Gasteiger partial charge in [0.05, 0.1) is 0 Å². The number of hydrogen-bond acceptors (Lipinski definition) is 3. The second-order valence-corrected chi connectivity index (χ2v) is 4.44. The number of pyridine rings is 1. The normalized spacial score (nSPS) is 10.2. The Labute approximate surface area is 103 Å². The fourth-order valence-corrected chi connectivity index (χ4v) is 2.14. The van der Waals surface area contributed by atoms with Gasteiger partial charge in [0.25, 0.3) is 5.91 Å². The van der Waals surface area contributed by atoms with Crippen molar-refractivity contribution < 1.29 is 9.18 Å². The van der Waals surface area contributed by atoms with Crippen LogP contribution in [0.2, 0.25) is 0 Å². The molecule has 0 aliphatic rings. The first kappa shape index (κ1) is 11.7. The number of carbonyl (C=O) groups excluding carboxylic acids is 1. The molecule has 0 fully saturated rings. The molecule has 88 valence electrons. The third-order valence-corrected chi connectivity index (χ3v) is 3.05. The van der Waals surface area contributed by atoms with E-state index in [1.807, 2.05) is 16.8 Å². The molecule has 0 atom stereocenters. The van der Waals surface area contributed by atoms with Crippen molar-refractivity contribution in [1.82, 2.24) is 9.88 Å². The molecule has 2 rings (SSSR count). The Balaban J connectivity index is 2.09. The van der Waals surface area contributed by atoms with Crippen LogP contribution >= 0.6 is 11.3 Å². The van der Waals surface area contributed by atoms with Crippen molar-refractivity contribution in [3.05, 3.63) is 52.2 Å². The third kappa shape index (κ3) is 2.88. The zero-order valence-corrected chi connectivity index (χ0v) is 10.1. The number of hydrogen-bond donors (Lipinski definition) is 0. The van der Waals surface area contributed by atoms with Crippen molar-refractivity contribution in [2.45, 2.75) is 6.54 Å². The van der Waals surface area contributed by atoms with Crippen molar-refractivity contribution in [3.8, 4) is 0 Å². The van der Waals surface area contributed by atoms with E-state index < -0.39 is 5.95 Å². The summed E-state index contributed by atoms with van der Waals surface area (Å²) in [5.74, 6) is -0.850. The molecule has 0 saturated heterocycles. The van der Waals surface area contributed by atoms with Crippen LogP contribution < -0.4 is 0 Å². The van der Waals surface area contributed by atoms with Gasteiger partial charge < -0.3 is 4.90 Å². The van der Waals surface area contributed by atoms with Gasteiger partial charge in [-0.25, -0.2) is 4.98 Å². The minimum absolute atomic E-state index is 0.211. The summed E-state index contributed by atoms with van der Waals surface area (Å²) in [6, 6.07) is 4.61. The number of thiophene rings is 1. The van der Waals surface area contributed by atoms with E-state index >= 15 is 0 Å². The highest BCUT2D eigenvalue weighted by Gasteiger charge is 2.12. The molecule has 0 N–H and O–H groups in total. The molecule has 2 heterocycles. The summed E-state index contributed by atoms with van der Waals surface area (Å²) < 4.78 is 12.9. The van der Waals surface area contributed by atoms with Crippen LogP contribution in [-0.4, -0.2) is 22.8 Å². The monoisotopic (exact) mass is 250 g/mol. The highest BCUT2D eigenvalue weighted by molar-refractivity contribution is 7.07. The Kier molecular flexibility index (Phi) is 3.49. The van der Waals surface area contributed by atoms with Crippen LogP contribution in [-0.2, 0) is 6.54 Å². The SMILES string of the molecule is CN(Cc1ccsc1)C(=O)c1ccnc(F)c1. The van der Waals surface area contributed by atoms with E-state index in [1.54, 1.807) is 23.3 Å². The Morgan fingerprint density at radius 1 is 1.53 bits per heavy atom. The van der Waals surface area contributed by atoms with Crippen LogP contribution in [0.5, 0.6) is 0 Å². The Morgan fingerprint density at radius 3 is 3.00 bits per heavy atom. The van der Waals surface area contributed by atoms with Gasteiger partial charge in [0.2, 0.25) is 5.95 Å². The van der Waals surface area contributed by atoms with Crippen molar-refractivity contribution in [2.24, 2.45) is 0 Å². The van der Waals surface area contributed by atoms with Crippen LogP contribution in [0.3, 0.4) is 0 Å². The summed E-state index contributed by atoms with van der Waals surface area (Å²) >= 11 is 1.58. The first-order valence-electron chi connectivity index (χ1n) is 5.05. The molecule has 0 aromatic carbocycles. The van der Waals surface area contributed by atoms with Crippen LogP contribution in [0.1, 0.15) is 15.9 Å². The topological polar surface area (TPSA) is 33.2 Å². The summed E-state index contributed by atoms with van der Waals surface area (Å²) in [6.07, 6.45) is 1.29. The molecule has 2 aromatic rings. The average molecular weight is 250 g/mol. The van der Waals surface area contributed by atoms with E-state index in [9.17, 15) is 9.18 Å². The van der Waals surface area contributed by atoms with E-state index in [-0.39, 0.29) is 5.91 Å². The van der Waals surface area contributed by atoms with E-state index in [2.05, 4.69) is 4.98 Å². The fraction of sp³-hybridized carbons (Fsp3) is 0.167. The van der Waals surface area contributed by atoms with Crippen LogP contribution in [0.15, 0.2) is 35.2 Å². The van der Waals surface area contributed by atoms with Gasteiger partial charge in [0.15, 0.2) is 0 Å². The maximum atomic E-state index is 12.9. The second kappa shape index (κ2) is 5.05. The van der Waals surface area contributed by atoms with Gasteiger partial charge in [-0.1, -0.05) is 0 Å². The Hall–Kier alpha value is -1.75. The lowest BCUT2D eigenvalue weighted by Crippen LogP contribution is -2.26. The van der Waals surface area contributed by atoms with Gasteiger partial charge in [-0.2, -0.15) is 15.7 Å². The minimum Gasteiger partial charge on any atom is -0.337 e. The standard InChI is InChI=1S/C12H11FN2OS/c1-15(7-9-3-5-17-8-9)12(16)10-2-4-14-11(13)6-10/h2-6,8H,7H2,1H3. The molecule has 17 heavy (non-hydrogen) atoms. The van der Waals surface area contributed by atoms with Crippen molar-refractivity contribution >= 4 is 17.2 Å². The lowest BCUT2D eigenvalue weighted by atomic mass is 10.2. The van der Waals surface area contributed by atoms with Gasteiger partial charge in [-0.05, 0) is 28.5 Å². The molecule has 3 nitrogen and oxygen atoms in total. The number of aromatic nitrogens is 1. The zero-order valence-electron chi connectivity index (χ0n) is 9.26. The largest absolute Gasteiger partial charge is 0.337 e. The lowest BCUT2D eigenvalue weighted by molar-refractivity contribution is 0.0784. The summed E-state index contributed by atoms with van der Waals surface area (Å²) in [5, 5.41) is 3.94. The summed E-state index contributed by atoms with van der Waals surface area (Å²) in [7, 11) is 1.69. The number of carbonyl (C=O) groups is 1. The van der Waals surface area contributed by atoms with Gasteiger partial charge in [-0.3, -0.25) is 4.79 Å². The fourth-order valence-electron chi connectivity index (χ4n) is 1.48. The predicted molar refractivity (Wildman–Crippen MR) is 64.3 cm³/mol. The molecule has 0 aliphatic heterocycles. The van der Waals surface area contributed by atoms with E-state index in [4.69, 9.17) is 0 Å². The maximum absolute atomic E-state index is 12.9. The van der Waals surface area contributed by atoms with Gasteiger partial charge in [0.1, 0.15) is 0 Å². The maximum Gasteiger partial charge on any atom is 0.254 e. The molecule has 0 spiro atoms. The van der Waals surface area contributed by atoms with Crippen molar-refractivity contribution in [3.63, 3.8) is 0 Å². The molecule has 0 saturated carbocycles. The van der Waals surface area contributed by atoms with Crippen LogP contribution in [0.4, 0.5) is 4.39 Å². The Bertz CT molecular complexity index is 513. The van der Waals surface area contributed by atoms with E-state index in [0.717, 1.165) is 11.6 Å². The Morgan fingerprint density at radius 2 is 2.35 bits per heavy atom. The average Bonchev–Trinajstić information content (AvgIpc) is 2.80. The molecule has 2 aromatic heterocycles. The predicted octanol–water partition coefficient (Wildman–Crippen LogP) is 2.55. The quantitative estimate of drug-likeness (QED) is 0.784. The van der Waals surface area contributed by atoms with Crippen LogP contribution in [0, 0.1) is 5.95 Å². The zero-order chi connectivity index (χ0) is 12.3. The highest BCUT2D eigenvalue weighted by Crippen LogP contribution is 2.11. The third-order valence-electron chi connectivity index (χ3n) is 2.32.